The zero-order chi connectivity index (χ0) is 6.04. The molecule has 1 heterocycles. The van der Waals surface area contributed by atoms with Crippen LogP contribution in [0, 0.1) is 6.61 Å². The molecule has 0 amide bonds. The summed E-state index contributed by atoms with van der Waals surface area (Å²) in [7, 11) is 1.54. The van der Waals surface area contributed by atoms with Gasteiger partial charge in [0.05, 0.1) is 6.61 Å². The van der Waals surface area contributed by atoms with Crippen LogP contribution in [0.5, 0.6) is 0 Å². The van der Waals surface area contributed by atoms with Gasteiger partial charge >= 0.3 is 0 Å². The third-order valence-corrected chi connectivity index (χ3v) is 1.08. The van der Waals surface area contributed by atoms with Gasteiger partial charge in [-0.05, 0) is 0 Å². The number of hydrogen-bond donors (Lipinski definition) is 0. The molecule has 1 atom stereocenters. The highest BCUT2D eigenvalue weighted by molar-refractivity contribution is 4.62. The van der Waals surface area contributed by atoms with Crippen molar-refractivity contribution in [3.8, 4) is 0 Å². The van der Waals surface area contributed by atoms with E-state index in [0.717, 1.165) is 0 Å². The molecule has 1 rings (SSSR count). The van der Waals surface area contributed by atoms with E-state index in [9.17, 15) is 0 Å². The first-order valence-electron chi connectivity index (χ1n) is 2.45. The third kappa shape index (κ3) is 0.992. The summed E-state index contributed by atoms with van der Waals surface area (Å²) in [6, 6.07) is 0. The first-order valence-corrected chi connectivity index (χ1v) is 2.45. The summed E-state index contributed by atoms with van der Waals surface area (Å²) in [4.78, 5) is 0. The Morgan fingerprint density at radius 1 is 1.75 bits per heavy atom. The van der Waals surface area contributed by atoms with Crippen molar-refractivity contribution in [1.29, 1.82) is 0 Å². The number of rotatable bonds is 1. The molecule has 0 aromatic rings. The Balaban J connectivity index is 2.40. The number of hydrogen-bond acceptors (Lipinski definition) is 3. The molecule has 0 aliphatic carbocycles. The van der Waals surface area contributed by atoms with Crippen LogP contribution in [0.3, 0.4) is 0 Å². The molecule has 0 aromatic carbocycles. The summed E-state index contributed by atoms with van der Waals surface area (Å²) < 4.78 is 14.7. The number of ether oxygens (including phenoxy) is 3. The highest BCUT2D eigenvalue weighted by Gasteiger charge is 2.30. The van der Waals surface area contributed by atoms with Crippen molar-refractivity contribution in [2.45, 2.75) is 12.9 Å². The lowest BCUT2D eigenvalue weighted by Gasteiger charge is -2.18. The molecule has 1 radical (unpaired) electrons. The minimum absolute atomic E-state index is 0.504. The van der Waals surface area contributed by atoms with Crippen LogP contribution >= 0.6 is 0 Å². The van der Waals surface area contributed by atoms with Gasteiger partial charge in [-0.3, -0.25) is 0 Å². The highest BCUT2D eigenvalue weighted by atomic mass is 16.9. The Kier molecular flexibility index (Phi) is 1.51. The maximum absolute atomic E-state index is 4.99. The molecule has 0 spiro atoms. The lowest BCUT2D eigenvalue weighted by Crippen LogP contribution is -2.26. The van der Waals surface area contributed by atoms with Crippen LogP contribution in [0.4, 0.5) is 0 Å². The Labute approximate surface area is 48.5 Å². The standard InChI is InChI=1S/C5H9O3/c1-5(6-2)7-3-4-8-5/h3H,4H2,1-2H3. The van der Waals surface area contributed by atoms with Crippen molar-refractivity contribution in [3.63, 3.8) is 0 Å². The summed E-state index contributed by atoms with van der Waals surface area (Å²) in [6.07, 6.45) is 0. The van der Waals surface area contributed by atoms with E-state index in [1.54, 1.807) is 20.6 Å². The van der Waals surface area contributed by atoms with Gasteiger partial charge in [-0.2, -0.15) is 0 Å². The smallest absolute Gasteiger partial charge is 0.280 e. The fourth-order valence-electron chi connectivity index (χ4n) is 0.512. The summed E-state index contributed by atoms with van der Waals surface area (Å²) in [5, 5.41) is 0. The van der Waals surface area contributed by atoms with E-state index < -0.39 is 5.97 Å². The molecule has 1 aliphatic rings. The predicted octanol–water partition coefficient (Wildman–Crippen LogP) is 0.515. The maximum atomic E-state index is 4.99. The predicted molar refractivity (Wildman–Crippen MR) is 26.8 cm³/mol. The van der Waals surface area contributed by atoms with Gasteiger partial charge in [-0.25, -0.2) is 0 Å². The molecule has 3 nitrogen and oxygen atoms in total. The van der Waals surface area contributed by atoms with E-state index in [1.165, 1.54) is 0 Å². The van der Waals surface area contributed by atoms with Crippen molar-refractivity contribution < 1.29 is 14.2 Å². The van der Waals surface area contributed by atoms with Crippen molar-refractivity contribution >= 4 is 0 Å². The second-order valence-electron chi connectivity index (χ2n) is 1.66. The molecule has 3 heteroatoms. The minimum atomic E-state index is -0.819. The van der Waals surface area contributed by atoms with E-state index in [-0.39, 0.29) is 0 Å². The Morgan fingerprint density at radius 2 is 2.50 bits per heavy atom. The SMILES string of the molecule is COC1(C)O[CH]CO1. The third-order valence-electron chi connectivity index (χ3n) is 1.08. The van der Waals surface area contributed by atoms with Crippen LogP contribution in [-0.2, 0) is 14.2 Å². The van der Waals surface area contributed by atoms with Gasteiger partial charge in [0, 0.05) is 14.0 Å². The number of methoxy groups -OCH3 is 1. The summed E-state index contributed by atoms with van der Waals surface area (Å²) in [5.41, 5.74) is 0. The van der Waals surface area contributed by atoms with Gasteiger partial charge in [0.2, 0.25) is 0 Å². The largest absolute Gasteiger partial charge is 0.331 e. The zero-order valence-corrected chi connectivity index (χ0v) is 5.01. The van der Waals surface area contributed by atoms with Crippen molar-refractivity contribution in [2.75, 3.05) is 13.7 Å². The topological polar surface area (TPSA) is 27.7 Å². The lowest BCUT2D eigenvalue weighted by atomic mass is 10.7. The average molecular weight is 117 g/mol. The van der Waals surface area contributed by atoms with Gasteiger partial charge < -0.3 is 14.2 Å². The van der Waals surface area contributed by atoms with Crippen LogP contribution in [0.1, 0.15) is 6.92 Å². The minimum Gasteiger partial charge on any atom is -0.331 e. The van der Waals surface area contributed by atoms with Crippen LogP contribution < -0.4 is 0 Å². The van der Waals surface area contributed by atoms with E-state index >= 15 is 0 Å². The molecular formula is C5H9O3. The van der Waals surface area contributed by atoms with Gasteiger partial charge in [0.1, 0.15) is 6.61 Å². The summed E-state index contributed by atoms with van der Waals surface area (Å²) in [5.74, 6) is -0.819. The lowest BCUT2D eigenvalue weighted by molar-refractivity contribution is -0.301. The van der Waals surface area contributed by atoms with Crippen LogP contribution in [0.25, 0.3) is 0 Å². The first kappa shape index (κ1) is 6.01. The van der Waals surface area contributed by atoms with Crippen molar-refractivity contribution in [2.24, 2.45) is 0 Å². The molecule has 8 heavy (non-hydrogen) atoms. The molecule has 47 valence electrons. The van der Waals surface area contributed by atoms with Gasteiger partial charge in [0.15, 0.2) is 0 Å². The second kappa shape index (κ2) is 2.01. The highest BCUT2D eigenvalue weighted by Crippen LogP contribution is 2.20. The average Bonchev–Trinajstić information content (AvgIpc) is 2.17. The van der Waals surface area contributed by atoms with Crippen LogP contribution in [0.15, 0.2) is 0 Å². The molecule has 1 saturated heterocycles. The molecule has 0 N–H and O–H groups in total. The Hall–Kier alpha value is -0.120. The van der Waals surface area contributed by atoms with Crippen molar-refractivity contribution in [1.82, 2.24) is 0 Å². The first-order chi connectivity index (χ1) is 3.77. The van der Waals surface area contributed by atoms with E-state index in [1.807, 2.05) is 0 Å². The van der Waals surface area contributed by atoms with E-state index in [0.29, 0.717) is 6.61 Å². The normalized spacial score (nSPS) is 26.2. The molecule has 0 saturated carbocycles. The Bertz CT molecular complexity index is 75.7. The Morgan fingerprint density at radius 3 is 2.75 bits per heavy atom. The van der Waals surface area contributed by atoms with Crippen molar-refractivity contribution in [3.05, 3.63) is 6.61 Å². The monoisotopic (exact) mass is 117 g/mol. The van der Waals surface area contributed by atoms with Gasteiger partial charge in [0.25, 0.3) is 5.97 Å². The fraction of sp³-hybridized carbons (Fsp3) is 0.800. The molecule has 0 bridgehead atoms. The summed E-state index contributed by atoms with van der Waals surface area (Å²) in [6.45, 7) is 3.80. The molecule has 1 aliphatic heterocycles. The van der Waals surface area contributed by atoms with E-state index in [4.69, 9.17) is 14.2 Å². The molecule has 1 fully saturated rings. The van der Waals surface area contributed by atoms with E-state index in [2.05, 4.69) is 0 Å². The molecule has 1 unspecified atom stereocenters. The summed E-state index contributed by atoms with van der Waals surface area (Å²) >= 11 is 0. The fourth-order valence-corrected chi connectivity index (χ4v) is 0.512. The van der Waals surface area contributed by atoms with Crippen LogP contribution in [0.2, 0.25) is 0 Å². The zero-order valence-electron chi connectivity index (χ0n) is 5.01. The van der Waals surface area contributed by atoms with Crippen LogP contribution in [-0.4, -0.2) is 19.7 Å². The van der Waals surface area contributed by atoms with Gasteiger partial charge in [-0.1, -0.05) is 0 Å². The molecule has 0 aromatic heterocycles. The maximum Gasteiger partial charge on any atom is 0.280 e. The second-order valence-corrected chi connectivity index (χ2v) is 1.66. The quantitative estimate of drug-likeness (QED) is 0.501. The molecular weight excluding hydrogens is 108 g/mol. The van der Waals surface area contributed by atoms with Gasteiger partial charge in [-0.15, -0.1) is 0 Å².